The molecule has 1 aliphatic heterocycles. The number of carbonyl (C=O) groups is 2. The lowest BCUT2D eigenvalue weighted by atomic mass is 9.90. The molecule has 0 saturated heterocycles. The van der Waals surface area contributed by atoms with Crippen molar-refractivity contribution >= 4 is 22.9 Å². The summed E-state index contributed by atoms with van der Waals surface area (Å²) in [5.74, 6) is -1.65. The largest absolute Gasteiger partial charge is 0.508 e. The van der Waals surface area contributed by atoms with Gasteiger partial charge >= 0.3 is 11.9 Å². The average molecular weight is 432 g/mol. The van der Waals surface area contributed by atoms with Crippen molar-refractivity contribution in [2.24, 2.45) is 0 Å². The van der Waals surface area contributed by atoms with Crippen LogP contribution >= 0.6 is 0 Å². The first-order chi connectivity index (χ1) is 15.0. The van der Waals surface area contributed by atoms with E-state index in [0.29, 0.717) is 22.1 Å². The Bertz CT molecular complexity index is 1410. The third kappa shape index (κ3) is 3.92. The molecular weight excluding hydrogens is 412 g/mol. The van der Waals surface area contributed by atoms with Crippen molar-refractivity contribution in [3.8, 4) is 28.2 Å². The summed E-state index contributed by atoms with van der Waals surface area (Å²) in [4.78, 5) is 36.5. The summed E-state index contributed by atoms with van der Waals surface area (Å²) in [6.45, 7) is 5.18. The van der Waals surface area contributed by atoms with Gasteiger partial charge in [0.05, 0.1) is 11.1 Å². The molecule has 4 rings (SSSR count). The molecule has 1 heterocycles. The van der Waals surface area contributed by atoms with Crippen molar-refractivity contribution in [3.63, 3.8) is 0 Å². The van der Waals surface area contributed by atoms with Crippen LogP contribution in [0.3, 0.4) is 0 Å². The molecule has 2 N–H and O–H groups in total. The number of carboxylic acid groups (broad SMARTS) is 1. The second-order valence-electron chi connectivity index (χ2n) is 8.38. The number of hydrogen-bond donors (Lipinski definition) is 2. The summed E-state index contributed by atoms with van der Waals surface area (Å²) >= 11 is 0. The zero-order valence-electron chi connectivity index (χ0n) is 17.6. The van der Waals surface area contributed by atoms with Gasteiger partial charge in [0.15, 0.2) is 5.43 Å². The van der Waals surface area contributed by atoms with Crippen molar-refractivity contribution in [2.45, 2.75) is 26.4 Å². The predicted molar refractivity (Wildman–Crippen MR) is 118 cm³/mol. The number of hydrogen-bond acceptors (Lipinski definition) is 6. The molecule has 7 heteroatoms. The van der Waals surface area contributed by atoms with Gasteiger partial charge in [-0.25, -0.2) is 9.59 Å². The van der Waals surface area contributed by atoms with Crippen LogP contribution < -0.4 is 5.43 Å². The first-order valence-electron chi connectivity index (χ1n) is 9.84. The predicted octanol–water partition coefficient (Wildman–Crippen LogP) is 4.92. The minimum absolute atomic E-state index is 0.0384. The number of fused-ring (bicyclic) bond motifs is 2. The Hall–Kier alpha value is -4.13. The number of benzene rings is 3. The van der Waals surface area contributed by atoms with Gasteiger partial charge in [-0.05, 0) is 62.7 Å². The molecular formula is C25H20O7. The average Bonchev–Trinajstić information content (AvgIpc) is 2.70. The SMILES string of the molecule is CC(C)(C)OC(=O)c1ccc(-c2c3ccc(=O)cc-3oc3cc(O)ccc23)c(C(=O)O)c1. The fourth-order valence-electron chi connectivity index (χ4n) is 3.55. The molecule has 162 valence electrons. The van der Waals surface area contributed by atoms with Crippen LogP contribution in [0.25, 0.3) is 33.4 Å². The Labute approximate surface area is 182 Å². The normalized spacial score (nSPS) is 11.6. The zero-order chi connectivity index (χ0) is 23.2. The number of rotatable bonds is 3. The van der Waals surface area contributed by atoms with Gasteiger partial charge in [0.25, 0.3) is 0 Å². The van der Waals surface area contributed by atoms with Gasteiger partial charge in [-0.2, -0.15) is 0 Å². The maximum atomic E-state index is 12.5. The molecule has 7 nitrogen and oxygen atoms in total. The van der Waals surface area contributed by atoms with Crippen LogP contribution in [0.15, 0.2) is 63.8 Å². The minimum Gasteiger partial charge on any atom is -0.508 e. The third-order valence-electron chi connectivity index (χ3n) is 4.83. The summed E-state index contributed by atoms with van der Waals surface area (Å²) in [6.07, 6.45) is 0. The van der Waals surface area contributed by atoms with E-state index >= 15 is 0 Å². The van der Waals surface area contributed by atoms with Crippen molar-refractivity contribution < 1.29 is 29.0 Å². The number of phenols is 1. The van der Waals surface area contributed by atoms with E-state index in [1.807, 2.05) is 0 Å². The monoisotopic (exact) mass is 432 g/mol. The second kappa shape index (κ2) is 7.53. The number of phenolic OH excluding ortho intramolecular Hbond substituents is 1. The molecule has 0 aromatic heterocycles. The Kier molecular flexibility index (Phi) is 4.97. The molecule has 0 amide bonds. The Morgan fingerprint density at radius 2 is 1.66 bits per heavy atom. The number of ether oxygens (including phenoxy) is 1. The summed E-state index contributed by atoms with van der Waals surface area (Å²) in [6, 6.07) is 13.0. The molecule has 0 bridgehead atoms. The standard InChI is InChI=1S/C25H20O7/c1-25(2,3)32-24(30)13-4-7-16(19(10-13)23(28)29)22-17-8-5-14(26)11-20(17)31-21-12-15(27)6-9-18(21)22/h4-12,26H,1-3H3,(H,28,29). The fraction of sp³-hybridized carbons (Fsp3) is 0.160. The number of carboxylic acids is 1. The van der Waals surface area contributed by atoms with Crippen LogP contribution in [-0.4, -0.2) is 27.8 Å². The molecule has 0 fully saturated rings. The zero-order valence-corrected chi connectivity index (χ0v) is 17.6. The van der Waals surface area contributed by atoms with E-state index in [1.54, 1.807) is 32.9 Å². The molecule has 0 radical (unpaired) electrons. The Balaban J connectivity index is 2.02. The number of aromatic hydroxyl groups is 1. The van der Waals surface area contributed by atoms with E-state index in [4.69, 9.17) is 9.15 Å². The van der Waals surface area contributed by atoms with Crippen molar-refractivity contribution in [1.29, 1.82) is 0 Å². The highest BCUT2D eigenvalue weighted by Gasteiger charge is 2.24. The maximum Gasteiger partial charge on any atom is 0.338 e. The van der Waals surface area contributed by atoms with Crippen LogP contribution in [0.4, 0.5) is 0 Å². The second-order valence-corrected chi connectivity index (χ2v) is 8.38. The minimum atomic E-state index is -1.23. The summed E-state index contributed by atoms with van der Waals surface area (Å²) in [5.41, 5.74) is 0.641. The molecule has 32 heavy (non-hydrogen) atoms. The van der Waals surface area contributed by atoms with Gasteiger partial charge in [0, 0.05) is 28.6 Å². The number of carbonyl (C=O) groups excluding carboxylic acids is 1. The van der Waals surface area contributed by atoms with E-state index in [2.05, 4.69) is 0 Å². The van der Waals surface area contributed by atoms with Gasteiger partial charge in [0.2, 0.25) is 0 Å². The molecule has 1 aliphatic carbocycles. The number of aromatic carboxylic acids is 1. The highest BCUT2D eigenvalue weighted by molar-refractivity contribution is 6.08. The van der Waals surface area contributed by atoms with E-state index in [9.17, 15) is 24.6 Å². The van der Waals surface area contributed by atoms with E-state index in [-0.39, 0.29) is 33.6 Å². The maximum absolute atomic E-state index is 12.5. The Morgan fingerprint density at radius 1 is 0.938 bits per heavy atom. The van der Waals surface area contributed by atoms with Crippen LogP contribution in [0.5, 0.6) is 5.75 Å². The topological polar surface area (TPSA) is 114 Å². The van der Waals surface area contributed by atoms with Gasteiger partial charge in [-0.15, -0.1) is 0 Å². The van der Waals surface area contributed by atoms with Gasteiger partial charge < -0.3 is 19.4 Å². The molecule has 2 aromatic carbocycles. The van der Waals surface area contributed by atoms with E-state index < -0.39 is 17.5 Å². The van der Waals surface area contributed by atoms with Gasteiger partial charge in [0.1, 0.15) is 22.7 Å². The summed E-state index contributed by atoms with van der Waals surface area (Å²) in [5, 5.41) is 20.4. The molecule has 2 aliphatic rings. The van der Waals surface area contributed by atoms with E-state index in [0.717, 1.165) is 0 Å². The molecule has 0 spiro atoms. The van der Waals surface area contributed by atoms with E-state index in [1.165, 1.54) is 42.5 Å². The van der Waals surface area contributed by atoms with Crippen LogP contribution in [0.1, 0.15) is 41.5 Å². The quantitative estimate of drug-likeness (QED) is 0.349. The summed E-state index contributed by atoms with van der Waals surface area (Å²) < 4.78 is 11.2. The fourth-order valence-corrected chi connectivity index (χ4v) is 3.55. The first-order valence-corrected chi connectivity index (χ1v) is 9.84. The van der Waals surface area contributed by atoms with Crippen LogP contribution in [0, 0.1) is 0 Å². The number of esters is 1. The summed E-state index contributed by atoms with van der Waals surface area (Å²) in [7, 11) is 0. The lowest BCUT2D eigenvalue weighted by Gasteiger charge is -2.20. The molecule has 2 aromatic rings. The Morgan fingerprint density at radius 3 is 2.34 bits per heavy atom. The lowest BCUT2D eigenvalue weighted by molar-refractivity contribution is 0.00695. The third-order valence-corrected chi connectivity index (χ3v) is 4.83. The molecule has 0 unspecified atom stereocenters. The van der Waals surface area contributed by atoms with Crippen molar-refractivity contribution in [1.82, 2.24) is 0 Å². The first kappa shape index (κ1) is 21.1. The highest BCUT2D eigenvalue weighted by atomic mass is 16.6. The van der Waals surface area contributed by atoms with Crippen LogP contribution in [-0.2, 0) is 4.74 Å². The molecule has 0 saturated carbocycles. The van der Waals surface area contributed by atoms with Gasteiger partial charge in [-0.3, -0.25) is 4.79 Å². The van der Waals surface area contributed by atoms with Gasteiger partial charge in [-0.1, -0.05) is 6.07 Å². The van der Waals surface area contributed by atoms with Crippen molar-refractivity contribution in [2.75, 3.05) is 0 Å². The van der Waals surface area contributed by atoms with Crippen molar-refractivity contribution in [3.05, 3.63) is 75.9 Å². The van der Waals surface area contributed by atoms with Crippen LogP contribution in [0.2, 0.25) is 0 Å². The molecule has 0 atom stereocenters. The lowest BCUT2D eigenvalue weighted by Crippen LogP contribution is -2.24. The highest BCUT2D eigenvalue weighted by Crippen LogP contribution is 2.42. The smallest absolute Gasteiger partial charge is 0.338 e.